The van der Waals surface area contributed by atoms with Crippen molar-refractivity contribution in [2.45, 2.75) is 51.1 Å². The predicted octanol–water partition coefficient (Wildman–Crippen LogP) is 3.07. The Labute approximate surface area is 179 Å². The number of hydrogen-bond acceptors (Lipinski definition) is 6. The van der Waals surface area contributed by atoms with Crippen LogP contribution in [0.5, 0.6) is 0 Å². The Kier molecular flexibility index (Phi) is 6.16. The molecule has 1 fully saturated rings. The lowest BCUT2D eigenvalue weighted by atomic mass is 10.1. The van der Waals surface area contributed by atoms with Crippen LogP contribution in [0.4, 0.5) is 0 Å². The summed E-state index contributed by atoms with van der Waals surface area (Å²) < 4.78 is 10.3. The largest absolute Gasteiger partial charge is 0.467 e. The second-order valence-electron chi connectivity index (χ2n) is 7.87. The highest BCUT2D eigenvalue weighted by atomic mass is 16.5. The maximum atomic E-state index is 12.7. The van der Waals surface area contributed by atoms with Gasteiger partial charge in [-0.05, 0) is 43.2 Å². The van der Waals surface area contributed by atoms with E-state index in [9.17, 15) is 19.2 Å². The van der Waals surface area contributed by atoms with Crippen LogP contribution in [0.1, 0.15) is 75.4 Å². The number of ether oxygens (including phenoxy) is 1. The monoisotopic (exact) mass is 424 g/mol. The fourth-order valence-electron chi connectivity index (χ4n) is 4.03. The van der Waals surface area contributed by atoms with Crippen molar-refractivity contribution in [3.05, 3.63) is 59.0 Å². The van der Waals surface area contributed by atoms with Crippen molar-refractivity contribution in [3.63, 3.8) is 0 Å². The third-order valence-corrected chi connectivity index (χ3v) is 5.66. The second-order valence-corrected chi connectivity index (χ2v) is 7.87. The summed E-state index contributed by atoms with van der Waals surface area (Å²) in [6.07, 6.45) is 7.88. The lowest BCUT2D eigenvalue weighted by molar-refractivity contribution is -0.125. The molecular formula is C23H24N2O6. The van der Waals surface area contributed by atoms with E-state index in [2.05, 4.69) is 5.32 Å². The lowest BCUT2D eigenvalue weighted by Gasteiger charge is -2.16. The minimum atomic E-state index is -0.719. The molecule has 0 unspecified atom stereocenters. The fraction of sp³-hybridized carbons (Fsp3) is 0.391. The van der Waals surface area contributed by atoms with Gasteiger partial charge in [0.05, 0.1) is 29.5 Å². The van der Waals surface area contributed by atoms with Crippen LogP contribution in [-0.4, -0.2) is 41.2 Å². The molecule has 3 amide bonds. The predicted molar refractivity (Wildman–Crippen MR) is 109 cm³/mol. The molecule has 4 rings (SSSR count). The summed E-state index contributed by atoms with van der Waals surface area (Å²) in [6, 6.07) is 7.66. The number of benzene rings is 1. The van der Waals surface area contributed by atoms with Crippen molar-refractivity contribution < 1.29 is 28.3 Å². The van der Waals surface area contributed by atoms with Gasteiger partial charge >= 0.3 is 5.97 Å². The van der Waals surface area contributed by atoms with E-state index in [1.165, 1.54) is 37.3 Å². The highest BCUT2D eigenvalue weighted by Crippen LogP contribution is 2.26. The van der Waals surface area contributed by atoms with Gasteiger partial charge in [-0.25, -0.2) is 4.79 Å². The highest BCUT2D eigenvalue weighted by Gasteiger charge is 2.36. The van der Waals surface area contributed by atoms with Gasteiger partial charge in [0.1, 0.15) is 5.76 Å². The number of rotatable bonds is 6. The molecule has 0 bridgehead atoms. The van der Waals surface area contributed by atoms with Crippen LogP contribution >= 0.6 is 0 Å². The molecule has 0 radical (unpaired) electrons. The number of carbonyl (C=O) groups is 4. The molecule has 1 aliphatic carbocycles. The molecule has 31 heavy (non-hydrogen) atoms. The normalized spacial score (nSPS) is 16.7. The molecule has 1 saturated carbocycles. The standard InChI is InChI=1S/C23H24N2O6/c26-20(24-16-6-3-1-2-4-7-16)14-31-23(29)15-9-10-18-19(12-15)22(28)25(21(18)27)13-17-8-5-11-30-17/h5,8-12,16H,1-4,6-7,13-14H2,(H,24,26). The van der Waals surface area contributed by atoms with E-state index >= 15 is 0 Å². The Morgan fingerprint density at radius 3 is 2.48 bits per heavy atom. The number of carbonyl (C=O) groups excluding carboxylic acids is 4. The van der Waals surface area contributed by atoms with Gasteiger partial charge in [0.25, 0.3) is 17.7 Å². The average Bonchev–Trinajstić information content (AvgIpc) is 3.26. The summed E-state index contributed by atoms with van der Waals surface area (Å²) >= 11 is 0. The van der Waals surface area contributed by atoms with E-state index in [1.807, 2.05) is 0 Å². The molecule has 2 heterocycles. The van der Waals surface area contributed by atoms with Crippen molar-refractivity contribution in [2.75, 3.05) is 6.61 Å². The Balaban J connectivity index is 1.36. The van der Waals surface area contributed by atoms with Gasteiger partial charge in [-0.1, -0.05) is 25.7 Å². The Hall–Kier alpha value is -3.42. The Morgan fingerprint density at radius 1 is 1.03 bits per heavy atom. The van der Waals surface area contributed by atoms with Crippen LogP contribution in [0, 0.1) is 0 Å². The first-order chi connectivity index (χ1) is 15.0. The molecule has 1 aromatic carbocycles. The molecule has 0 atom stereocenters. The maximum absolute atomic E-state index is 12.7. The molecule has 0 spiro atoms. The maximum Gasteiger partial charge on any atom is 0.338 e. The molecule has 2 aromatic rings. The summed E-state index contributed by atoms with van der Waals surface area (Å²) in [4.78, 5) is 50.8. The van der Waals surface area contributed by atoms with Crippen molar-refractivity contribution in [1.82, 2.24) is 10.2 Å². The van der Waals surface area contributed by atoms with Gasteiger partial charge in [0, 0.05) is 6.04 Å². The van der Waals surface area contributed by atoms with Crippen molar-refractivity contribution in [3.8, 4) is 0 Å². The van der Waals surface area contributed by atoms with Gasteiger partial charge in [-0.15, -0.1) is 0 Å². The van der Waals surface area contributed by atoms with E-state index in [4.69, 9.17) is 9.15 Å². The van der Waals surface area contributed by atoms with E-state index in [0.29, 0.717) is 5.76 Å². The number of imide groups is 1. The number of furan rings is 1. The zero-order chi connectivity index (χ0) is 21.8. The van der Waals surface area contributed by atoms with Gasteiger partial charge < -0.3 is 14.5 Å². The minimum Gasteiger partial charge on any atom is -0.467 e. The highest BCUT2D eigenvalue weighted by molar-refractivity contribution is 6.21. The zero-order valence-electron chi connectivity index (χ0n) is 17.1. The third kappa shape index (κ3) is 4.68. The molecule has 2 aliphatic rings. The number of amides is 3. The summed E-state index contributed by atoms with van der Waals surface area (Å²) in [5.41, 5.74) is 0.468. The quantitative estimate of drug-likeness (QED) is 0.434. The molecule has 1 aromatic heterocycles. The van der Waals surface area contributed by atoms with Gasteiger partial charge in [0.2, 0.25) is 0 Å². The SMILES string of the molecule is O=C(COC(=O)c1ccc2c(c1)C(=O)N(Cc1ccco1)C2=O)NC1CCCCCC1. The molecule has 0 saturated heterocycles. The molecule has 8 nitrogen and oxygen atoms in total. The van der Waals surface area contributed by atoms with Crippen LogP contribution in [0.2, 0.25) is 0 Å². The van der Waals surface area contributed by atoms with Gasteiger partial charge in [-0.3, -0.25) is 19.3 Å². The summed E-state index contributed by atoms with van der Waals surface area (Å²) in [5, 5.41) is 2.92. The van der Waals surface area contributed by atoms with E-state index in [0.717, 1.165) is 30.6 Å². The third-order valence-electron chi connectivity index (χ3n) is 5.66. The van der Waals surface area contributed by atoms with Gasteiger partial charge in [0.15, 0.2) is 6.61 Å². The van der Waals surface area contributed by atoms with Crippen molar-refractivity contribution in [2.24, 2.45) is 0 Å². The number of nitrogens with one attached hydrogen (secondary N) is 1. The lowest BCUT2D eigenvalue weighted by Crippen LogP contribution is -2.37. The smallest absolute Gasteiger partial charge is 0.338 e. The first-order valence-electron chi connectivity index (χ1n) is 10.5. The van der Waals surface area contributed by atoms with Crippen LogP contribution < -0.4 is 5.32 Å². The number of hydrogen-bond donors (Lipinski definition) is 1. The van der Waals surface area contributed by atoms with E-state index in [1.54, 1.807) is 12.1 Å². The summed E-state index contributed by atoms with van der Waals surface area (Å²) in [6.45, 7) is -0.371. The van der Waals surface area contributed by atoms with Crippen LogP contribution in [0.15, 0.2) is 41.0 Å². The van der Waals surface area contributed by atoms with Gasteiger partial charge in [-0.2, -0.15) is 0 Å². The van der Waals surface area contributed by atoms with Crippen molar-refractivity contribution in [1.29, 1.82) is 0 Å². The molecule has 8 heteroatoms. The van der Waals surface area contributed by atoms with Crippen LogP contribution in [-0.2, 0) is 16.1 Å². The number of fused-ring (bicyclic) bond motifs is 1. The van der Waals surface area contributed by atoms with E-state index in [-0.39, 0.29) is 41.8 Å². The Bertz CT molecular complexity index is 990. The second kappa shape index (κ2) is 9.16. The fourth-order valence-corrected chi connectivity index (χ4v) is 4.03. The minimum absolute atomic E-state index is 0.0143. The molecule has 1 N–H and O–H groups in total. The average molecular weight is 424 g/mol. The topological polar surface area (TPSA) is 106 Å². The molecule has 162 valence electrons. The first-order valence-corrected chi connectivity index (χ1v) is 10.5. The Morgan fingerprint density at radius 2 is 1.77 bits per heavy atom. The number of esters is 1. The molecular weight excluding hydrogens is 400 g/mol. The summed E-state index contributed by atoms with van der Waals surface area (Å²) in [7, 11) is 0. The van der Waals surface area contributed by atoms with Crippen molar-refractivity contribution >= 4 is 23.7 Å². The van der Waals surface area contributed by atoms with Crippen LogP contribution in [0.25, 0.3) is 0 Å². The van der Waals surface area contributed by atoms with E-state index < -0.39 is 17.8 Å². The summed E-state index contributed by atoms with van der Waals surface area (Å²) in [5.74, 6) is -1.52. The zero-order valence-corrected chi connectivity index (χ0v) is 17.1. The first kappa shape index (κ1) is 20.8. The number of nitrogens with zero attached hydrogens (tertiary/aromatic N) is 1. The van der Waals surface area contributed by atoms with Crippen LogP contribution in [0.3, 0.4) is 0 Å². The molecule has 1 aliphatic heterocycles.